The van der Waals surface area contributed by atoms with E-state index in [1.165, 1.54) is 49.6 Å². The minimum Gasteiger partial charge on any atom is -0.508 e. The third-order valence-electron chi connectivity index (χ3n) is 3.89. The second-order valence-corrected chi connectivity index (χ2v) is 7.45. The SMILES string of the molecule is COc1cc(N=Nc2ccc(O)cc2O)c(S(=O)(=O)O)cc1N=Nc1ccc(O)cc1. The largest absolute Gasteiger partial charge is 0.508 e. The fourth-order valence-corrected chi connectivity index (χ4v) is 3.02. The van der Waals surface area contributed by atoms with E-state index in [4.69, 9.17) is 4.74 Å². The Morgan fingerprint density at radius 3 is 1.97 bits per heavy atom. The molecule has 0 aliphatic heterocycles. The molecule has 0 aliphatic carbocycles. The summed E-state index contributed by atoms with van der Waals surface area (Å²) in [4.78, 5) is -0.616. The number of benzene rings is 3. The summed E-state index contributed by atoms with van der Waals surface area (Å²) in [6.45, 7) is 0. The molecule has 0 atom stereocenters. The van der Waals surface area contributed by atoms with E-state index < -0.39 is 15.0 Å². The van der Waals surface area contributed by atoms with Crippen LogP contribution in [-0.4, -0.2) is 35.4 Å². The van der Waals surface area contributed by atoms with Crippen molar-refractivity contribution in [3.05, 3.63) is 54.6 Å². The molecule has 0 aliphatic rings. The molecule has 12 heteroatoms. The van der Waals surface area contributed by atoms with Crippen molar-refractivity contribution >= 4 is 32.9 Å². The average molecular weight is 444 g/mol. The number of nitrogens with zero attached hydrogens (tertiary/aromatic N) is 4. The van der Waals surface area contributed by atoms with Crippen LogP contribution >= 0.6 is 0 Å². The van der Waals surface area contributed by atoms with Gasteiger partial charge in [-0.25, -0.2) is 0 Å². The van der Waals surface area contributed by atoms with E-state index in [1.54, 1.807) is 0 Å². The topological polar surface area (TPSA) is 174 Å². The molecular formula is C19H16N4O7S. The molecule has 0 aromatic heterocycles. The fraction of sp³-hybridized carbons (Fsp3) is 0.0526. The molecule has 0 amide bonds. The van der Waals surface area contributed by atoms with Crippen molar-refractivity contribution in [2.45, 2.75) is 4.90 Å². The molecule has 3 rings (SSSR count). The van der Waals surface area contributed by atoms with Crippen LogP contribution in [0.5, 0.6) is 23.0 Å². The van der Waals surface area contributed by atoms with Crippen LogP contribution < -0.4 is 4.74 Å². The van der Waals surface area contributed by atoms with Gasteiger partial charge in [0, 0.05) is 12.1 Å². The number of methoxy groups -OCH3 is 1. The molecule has 0 radical (unpaired) electrons. The first-order valence-corrected chi connectivity index (χ1v) is 9.95. The minimum absolute atomic E-state index is 0.0189. The van der Waals surface area contributed by atoms with Gasteiger partial charge in [0.25, 0.3) is 10.1 Å². The zero-order valence-corrected chi connectivity index (χ0v) is 16.7. The predicted octanol–water partition coefficient (Wildman–Crippen LogP) is 4.89. The van der Waals surface area contributed by atoms with Crippen LogP contribution in [0, 0.1) is 0 Å². The van der Waals surface area contributed by atoms with Gasteiger partial charge in [-0.1, -0.05) is 0 Å². The maximum Gasteiger partial charge on any atom is 0.296 e. The number of phenols is 3. The van der Waals surface area contributed by atoms with Gasteiger partial charge in [0.05, 0.1) is 12.8 Å². The Hall–Kier alpha value is -4.03. The van der Waals surface area contributed by atoms with Gasteiger partial charge in [0.15, 0.2) is 0 Å². The maximum absolute atomic E-state index is 11.9. The van der Waals surface area contributed by atoms with Gasteiger partial charge in [-0.3, -0.25) is 4.55 Å². The Morgan fingerprint density at radius 1 is 0.742 bits per heavy atom. The number of azo groups is 2. The summed E-state index contributed by atoms with van der Waals surface area (Å²) in [5, 5.41) is 43.8. The summed E-state index contributed by atoms with van der Waals surface area (Å²) in [6.07, 6.45) is 0. The van der Waals surface area contributed by atoms with Crippen molar-refractivity contribution in [3.63, 3.8) is 0 Å². The van der Waals surface area contributed by atoms with Crippen LogP contribution in [0.25, 0.3) is 0 Å². The number of ether oxygens (including phenoxy) is 1. The van der Waals surface area contributed by atoms with Crippen molar-refractivity contribution in [1.29, 1.82) is 0 Å². The number of hydrogen-bond acceptors (Lipinski definition) is 10. The lowest BCUT2D eigenvalue weighted by molar-refractivity contribution is 0.415. The number of aromatic hydroxyl groups is 3. The first-order valence-electron chi connectivity index (χ1n) is 8.51. The van der Waals surface area contributed by atoms with Crippen molar-refractivity contribution in [2.75, 3.05) is 7.11 Å². The standard InChI is InChI=1S/C19H16N4O7S/c1-30-18-9-16(23-21-14-7-6-13(25)8-17(14)26)19(31(27,28)29)10-15(18)22-20-11-2-4-12(24)5-3-11/h2-10,24-26H,1H3,(H,27,28,29). The van der Waals surface area contributed by atoms with E-state index in [-0.39, 0.29) is 40.1 Å². The maximum atomic E-state index is 11.9. The highest BCUT2D eigenvalue weighted by atomic mass is 32.2. The molecule has 0 saturated carbocycles. The van der Waals surface area contributed by atoms with Crippen molar-refractivity contribution in [1.82, 2.24) is 0 Å². The lowest BCUT2D eigenvalue weighted by Gasteiger charge is -2.08. The van der Waals surface area contributed by atoms with Gasteiger partial charge in [-0.15, -0.1) is 15.3 Å². The minimum atomic E-state index is -4.74. The summed E-state index contributed by atoms with van der Waals surface area (Å²) in [7, 11) is -3.42. The summed E-state index contributed by atoms with van der Waals surface area (Å²) in [5.74, 6) is -0.457. The van der Waals surface area contributed by atoms with E-state index in [0.717, 1.165) is 12.1 Å². The summed E-state index contributed by atoms with van der Waals surface area (Å²) < 4.78 is 38.5. The summed E-state index contributed by atoms with van der Waals surface area (Å²) >= 11 is 0. The Balaban J connectivity index is 2.05. The van der Waals surface area contributed by atoms with E-state index in [1.807, 2.05) is 0 Å². The van der Waals surface area contributed by atoms with E-state index >= 15 is 0 Å². The van der Waals surface area contributed by atoms with Gasteiger partial charge in [0.2, 0.25) is 0 Å². The molecule has 160 valence electrons. The van der Waals surface area contributed by atoms with Crippen LogP contribution in [0.1, 0.15) is 0 Å². The van der Waals surface area contributed by atoms with Gasteiger partial charge < -0.3 is 20.1 Å². The fourth-order valence-electron chi connectivity index (χ4n) is 2.40. The zero-order valence-electron chi connectivity index (χ0n) is 15.9. The van der Waals surface area contributed by atoms with Crippen molar-refractivity contribution in [2.24, 2.45) is 20.5 Å². The van der Waals surface area contributed by atoms with Crippen LogP contribution in [0.2, 0.25) is 0 Å². The second-order valence-electron chi connectivity index (χ2n) is 6.06. The van der Waals surface area contributed by atoms with Gasteiger partial charge in [-0.2, -0.15) is 13.5 Å². The van der Waals surface area contributed by atoms with E-state index in [0.29, 0.717) is 5.69 Å². The van der Waals surface area contributed by atoms with Crippen LogP contribution in [0.4, 0.5) is 22.7 Å². The first-order chi connectivity index (χ1) is 14.7. The molecule has 4 N–H and O–H groups in total. The van der Waals surface area contributed by atoms with Crippen LogP contribution in [-0.2, 0) is 10.1 Å². The zero-order chi connectivity index (χ0) is 22.6. The van der Waals surface area contributed by atoms with E-state index in [2.05, 4.69) is 20.5 Å². The highest BCUT2D eigenvalue weighted by Gasteiger charge is 2.20. The van der Waals surface area contributed by atoms with Gasteiger partial charge in [0.1, 0.15) is 45.0 Å². The van der Waals surface area contributed by atoms with Crippen molar-refractivity contribution in [3.8, 4) is 23.0 Å². The second kappa shape index (κ2) is 8.77. The number of phenolic OH excluding ortho intramolecular Hbond substituents is 3. The van der Waals surface area contributed by atoms with Gasteiger partial charge in [-0.05, 0) is 42.5 Å². The van der Waals surface area contributed by atoms with Crippen LogP contribution in [0.3, 0.4) is 0 Å². The third kappa shape index (κ3) is 5.32. The van der Waals surface area contributed by atoms with Gasteiger partial charge >= 0.3 is 0 Å². The number of rotatable bonds is 6. The molecule has 3 aromatic rings. The Kier molecular flexibility index (Phi) is 6.13. The molecule has 31 heavy (non-hydrogen) atoms. The predicted molar refractivity (Wildman–Crippen MR) is 109 cm³/mol. The first kappa shape index (κ1) is 21.7. The highest BCUT2D eigenvalue weighted by molar-refractivity contribution is 7.86. The summed E-state index contributed by atoms with van der Waals surface area (Å²) in [5.41, 5.74) is 0.0269. The molecule has 11 nitrogen and oxygen atoms in total. The normalized spacial score (nSPS) is 11.9. The Labute approximate surface area is 176 Å². The quantitative estimate of drug-likeness (QED) is 0.309. The monoisotopic (exact) mass is 444 g/mol. The lowest BCUT2D eigenvalue weighted by atomic mass is 10.2. The molecule has 0 unspecified atom stereocenters. The van der Waals surface area contributed by atoms with Crippen molar-refractivity contribution < 1.29 is 33.0 Å². The Morgan fingerprint density at radius 2 is 1.35 bits per heavy atom. The highest BCUT2D eigenvalue weighted by Crippen LogP contribution is 2.39. The molecule has 0 bridgehead atoms. The summed E-state index contributed by atoms with van der Waals surface area (Å²) in [6, 6.07) is 11.5. The average Bonchev–Trinajstić information content (AvgIpc) is 2.72. The van der Waals surface area contributed by atoms with Crippen LogP contribution in [0.15, 0.2) is 79.9 Å². The number of hydrogen-bond donors (Lipinski definition) is 4. The lowest BCUT2D eigenvalue weighted by Crippen LogP contribution is -1.99. The van der Waals surface area contributed by atoms with E-state index in [9.17, 15) is 28.3 Å². The molecular weight excluding hydrogens is 428 g/mol. The molecule has 0 heterocycles. The smallest absolute Gasteiger partial charge is 0.296 e. The molecule has 0 spiro atoms. The Bertz CT molecular complexity index is 1270. The molecule has 0 fully saturated rings. The third-order valence-corrected chi connectivity index (χ3v) is 4.77. The molecule has 0 saturated heterocycles. The molecule has 3 aromatic carbocycles.